The number of rotatable bonds is 7. The SMILES string of the molecule is COC(=O)c1csc(CN(CCC(C)C)C(=O)Nc2ccc(F)c(Cl)c2)n1. The van der Waals surface area contributed by atoms with E-state index in [1.165, 1.54) is 36.6 Å². The van der Waals surface area contributed by atoms with Crippen LogP contribution in [0.3, 0.4) is 0 Å². The Kier molecular flexibility index (Phi) is 7.55. The van der Waals surface area contributed by atoms with Crippen molar-refractivity contribution in [3.8, 4) is 0 Å². The van der Waals surface area contributed by atoms with E-state index in [2.05, 4.69) is 28.9 Å². The quantitative estimate of drug-likeness (QED) is 0.661. The van der Waals surface area contributed by atoms with E-state index in [1.54, 1.807) is 10.3 Å². The second-order valence-corrected chi connectivity index (χ2v) is 7.63. The molecule has 0 saturated carbocycles. The maximum Gasteiger partial charge on any atom is 0.357 e. The lowest BCUT2D eigenvalue weighted by Gasteiger charge is -2.23. The van der Waals surface area contributed by atoms with Crippen molar-refractivity contribution in [3.63, 3.8) is 0 Å². The highest BCUT2D eigenvalue weighted by Crippen LogP contribution is 2.21. The molecule has 2 rings (SSSR count). The molecule has 2 amide bonds. The molecule has 1 N–H and O–H groups in total. The lowest BCUT2D eigenvalue weighted by Crippen LogP contribution is -2.35. The molecule has 6 nitrogen and oxygen atoms in total. The normalized spacial score (nSPS) is 10.7. The molecule has 2 aromatic rings. The minimum Gasteiger partial charge on any atom is -0.464 e. The second-order valence-electron chi connectivity index (χ2n) is 6.28. The zero-order chi connectivity index (χ0) is 20.0. The maximum absolute atomic E-state index is 13.3. The van der Waals surface area contributed by atoms with E-state index in [4.69, 9.17) is 11.6 Å². The Balaban J connectivity index is 2.12. The summed E-state index contributed by atoms with van der Waals surface area (Å²) in [6.45, 7) is 4.88. The molecule has 1 heterocycles. The average Bonchev–Trinajstić information content (AvgIpc) is 3.09. The van der Waals surface area contributed by atoms with Crippen LogP contribution in [0.15, 0.2) is 23.6 Å². The molecule has 0 spiro atoms. The lowest BCUT2D eigenvalue weighted by molar-refractivity contribution is 0.0594. The second kappa shape index (κ2) is 9.66. The standard InChI is InChI=1S/C18H21ClFN3O3S/c1-11(2)6-7-23(9-16-22-15(10-27-16)17(24)26-3)18(25)21-12-4-5-14(20)13(19)8-12/h4-5,8,10-11H,6-7,9H2,1-3H3,(H,21,25). The monoisotopic (exact) mass is 413 g/mol. The Morgan fingerprint density at radius 3 is 2.78 bits per heavy atom. The van der Waals surface area contributed by atoms with Crippen LogP contribution in [-0.2, 0) is 11.3 Å². The highest BCUT2D eigenvalue weighted by atomic mass is 35.5. The number of amides is 2. The van der Waals surface area contributed by atoms with Crippen LogP contribution in [0.4, 0.5) is 14.9 Å². The van der Waals surface area contributed by atoms with E-state index in [0.29, 0.717) is 23.2 Å². The molecule has 0 unspecified atom stereocenters. The van der Waals surface area contributed by atoms with Crippen molar-refractivity contribution in [1.29, 1.82) is 0 Å². The Hall–Kier alpha value is -2.19. The Morgan fingerprint density at radius 1 is 1.41 bits per heavy atom. The first kappa shape index (κ1) is 21.1. The van der Waals surface area contributed by atoms with E-state index in [-0.39, 0.29) is 23.3 Å². The molecule has 1 aromatic carbocycles. The van der Waals surface area contributed by atoms with Gasteiger partial charge in [-0.3, -0.25) is 0 Å². The van der Waals surface area contributed by atoms with Gasteiger partial charge in [-0.25, -0.2) is 19.0 Å². The van der Waals surface area contributed by atoms with Crippen LogP contribution in [0, 0.1) is 11.7 Å². The number of thiazole rings is 1. The number of benzene rings is 1. The van der Waals surface area contributed by atoms with Crippen LogP contribution in [0.25, 0.3) is 0 Å². The molecule has 0 bridgehead atoms. The van der Waals surface area contributed by atoms with Crippen LogP contribution in [0.5, 0.6) is 0 Å². The molecule has 9 heteroatoms. The Bertz CT molecular complexity index is 813. The highest BCUT2D eigenvalue weighted by molar-refractivity contribution is 7.09. The minimum atomic E-state index is -0.551. The van der Waals surface area contributed by atoms with Gasteiger partial charge in [0.2, 0.25) is 0 Å². The van der Waals surface area contributed by atoms with Gasteiger partial charge in [0, 0.05) is 17.6 Å². The molecule has 146 valence electrons. The summed E-state index contributed by atoms with van der Waals surface area (Å²) in [5.41, 5.74) is 0.613. The summed E-state index contributed by atoms with van der Waals surface area (Å²) in [7, 11) is 1.29. The smallest absolute Gasteiger partial charge is 0.357 e. The third-order valence-corrected chi connectivity index (χ3v) is 4.83. The van der Waals surface area contributed by atoms with Gasteiger partial charge in [-0.1, -0.05) is 25.4 Å². The molecule has 0 saturated heterocycles. The van der Waals surface area contributed by atoms with E-state index >= 15 is 0 Å². The number of methoxy groups -OCH3 is 1. The van der Waals surface area contributed by atoms with Gasteiger partial charge in [0.05, 0.1) is 18.7 Å². The summed E-state index contributed by atoms with van der Waals surface area (Å²) in [6, 6.07) is 3.64. The number of urea groups is 1. The van der Waals surface area contributed by atoms with Crippen molar-refractivity contribution >= 4 is 40.6 Å². The molecule has 27 heavy (non-hydrogen) atoms. The number of aromatic nitrogens is 1. The van der Waals surface area contributed by atoms with Crippen LogP contribution in [0.1, 0.15) is 35.8 Å². The fourth-order valence-corrected chi connectivity index (χ4v) is 3.15. The Labute approximate surface area is 166 Å². The molecular formula is C18H21ClFN3O3S. The number of carbonyl (C=O) groups excluding carboxylic acids is 2. The molecule has 0 atom stereocenters. The zero-order valence-electron chi connectivity index (χ0n) is 15.3. The number of carbonyl (C=O) groups is 2. The van der Waals surface area contributed by atoms with Gasteiger partial charge >= 0.3 is 12.0 Å². The summed E-state index contributed by atoms with van der Waals surface area (Å²) in [5, 5.41) is 4.86. The molecule has 0 aliphatic carbocycles. The fraction of sp³-hybridized carbons (Fsp3) is 0.389. The van der Waals surface area contributed by atoms with E-state index in [1.807, 2.05) is 0 Å². The molecule has 1 aromatic heterocycles. The number of nitrogens with one attached hydrogen (secondary N) is 1. The summed E-state index contributed by atoms with van der Waals surface area (Å²) in [4.78, 5) is 30.0. The van der Waals surface area contributed by atoms with Gasteiger partial charge < -0.3 is 15.0 Å². The number of hydrogen-bond acceptors (Lipinski definition) is 5. The predicted octanol–water partition coefficient (Wildman–Crippen LogP) is 4.80. The molecule has 0 aliphatic heterocycles. The van der Waals surface area contributed by atoms with Crippen LogP contribution < -0.4 is 5.32 Å². The summed E-state index contributed by atoms with van der Waals surface area (Å²) in [6.07, 6.45) is 0.798. The van der Waals surface area contributed by atoms with Gasteiger partial charge in [-0.05, 0) is 30.5 Å². The zero-order valence-corrected chi connectivity index (χ0v) is 16.9. The van der Waals surface area contributed by atoms with Gasteiger partial charge in [0.1, 0.15) is 10.8 Å². The molecule has 0 aliphatic rings. The fourth-order valence-electron chi connectivity index (χ4n) is 2.19. The molecule has 0 radical (unpaired) electrons. The van der Waals surface area contributed by atoms with Gasteiger partial charge in [0.25, 0.3) is 0 Å². The van der Waals surface area contributed by atoms with Crippen molar-refractivity contribution < 1.29 is 18.7 Å². The van der Waals surface area contributed by atoms with E-state index in [0.717, 1.165) is 6.42 Å². The summed E-state index contributed by atoms with van der Waals surface area (Å²) >= 11 is 7.04. The number of halogens is 2. The first-order valence-electron chi connectivity index (χ1n) is 8.33. The summed E-state index contributed by atoms with van der Waals surface area (Å²) in [5.74, 6) is -0.663. The van der Waals surface area contributed by atoms with Gasteiger partial charge in [-0.15, -0.1) is 11.3 Å². The molecular weight excluding hydrogens is 393 g/mol. The van der Waals surface area contributed by atoms with E-state index < -0.39 is 11.8 Å². The first-order chi connectivity index (χ1) is 12.8. The average molecular weight is 414 g/mol. The number of nitrogens with zero attached hydrogens (tertiary/aromatic N) is 2. The van der Waals surface area contributed by atoms with Crippen LogP contribution in [0.2, 0.25) is 5.02 Å². The predicted molar refractivity (Wildman–Crippen MR) is 104 cm³/mol. The highest BCUT2D eigenvalue weighted by Gasteiger charge is 2.18. The Morgan fingerprint density at radius 2 is 2.15 bits per heavy atom. The van der Waals surface area contributed by atoms with Crippen LogP contribution >= 0.6 is 22.9 Å². The number of ether oxygens (including phenoxy) is 1. The lowest BCUT2D eigenvalue weighted by atomic mass is 10.1. The third kappa shape index (κ3) is 6.18. The number of esters is 1. The topological polar surface area (TPSA) is 71.5 Å². The third-order valence-electron chi connectivity index (χ3n) is 3.71. The van der Waals surface area contributed by atoms with Crippen LogP contribution in [-0.4, -0.2) is 35.5 Å². The number of hydrogen-bond donors (Lipinski definition) is 1. The van der Waals surface area contributed by atoms with Crippen molar-refractivity contribution in [3.05, 3.63) is 45.1 Å². The number of anilines is 1. The van der Waals surface area contributed by atoms with Gasteiger partial charge in [-0.2, -0.15) is 0 Å². The summed E-state index contributed by atoms with van der Waals surface area (Å²) < 4.78 is 17.9. The first-order valence-corrected chi connectivity index (χ1v) is 9.59. The van der Waals surface area contributed by atoms with E-state index in [9.17, 15) is 14.0 Å². The minimum absolute atomic E-state index is 0.0656. The van der Waals surface area contributed by atoms with Crippen molar-refractivity contribution in [2.24, 2.45) is 5.92 Å². The largest absolute Gasteiger partial charge is 0.464 e. The van der Waals surface area contributed by atoms with Crippen molar-refractivity contribution in [2.45, 2.75) is 26.8 Å². The molecule has 0 fully saturated rings. The van der Waals surface area contributed by atoms with Gasteiger partial charge in [0.15, 0.2) is 5.69 Å². The van der Waals surface area contributed by atoms with Crippen molar-refractivity contribution in [2.75, 3.05) is 19.0 Å². The maximum atomic E-state index is 13.3. The van der Waals surface area contributed by atoms with Crippen molar-refractivity contribution in [1.82, 2.24) is 9.88 Å².